The zero-order valence-corrected chi connectivity index (χ0v) is 35.9. The van der Waals surface area contributed by atoms with Crippen molar-refractivity contribution in [2.75, 3.05) is 19.8 Å². The van der Waals surface area contributed by atoms with Crippen LogP contribution in [-0.2, 0) is 32.7 Å². The van der Waals surface area contributed by atoms with E-state index in [1.54, 1.807) is 6.26 Å². The number of hydrogen-bond acceptors (Lipinski definition) is 8. The number of allylic oxidation sites excluding steroid dienone is 5. The Morgan fingerprint density at radius 1 is 0.582 bits per heavy atom. The Balaban J connectivity index is 4.26. The number of rotatable bonds is 42. The van der Waals surface area contributed by atoms with Crippen LogP contribution in [0.25, 0.3) is 0 Å². The Labute approximate surface area is 336 Å². The summed E-state index contributed by atoms with van der Waals surface area (Å²) in [5.41, 5.74) is 5.35. The summed E-state index contributed by atoms with van der Waals surface area (Å²) in [6.45, 7) is 3.25. The molecule has 10 nitrogen and oxygen atoms in total. The van der Waals surface area contributed by atoms with Gasteiger partial charge < -0.3 is 25.2 Å². The van der Waals surface area contributed by atoms with Gasteiger partial charge in [-0.25, -0.2) is 4.57 Å². The third kappa shape index (κ3) is 40.0. The first-order valence-electron chi connectivity index (χ1n) is 22.1. The molecule has 3 atom stereocenters. The lowest BCUT2D eigenvalue weighted by Gasteiger charge is -2.20. The average Bonchev–Trinajstić information content (AvgIpc) is 3.16. The van der Waals surface area contributed by atoms with Crippen molar-refractivity contribution >= 4 is 19.8 Å². The molecule has 0 amide bonds. The van der Waals surface area contributed by atoms with Gasteiger partial charge in [0.15, 0.2) is 6.10 Å². The van der Waals surface area contributed by atoms with Crippen molar-refractivity contribution in [2.24, 2.45) is 5.73 Å². The van der Waals surface area contributed by atoms with E-state index in [0.29, 0.717) is 6.42 Å². The second kappa shape index (κ2) is 40.2. The molecule has 0 rings (SSSR count). The normalized spacial score (nSPS) is 14.2. The molecule has 0 radical (unpaired) electrons. The molecule has 0 aliphatic rings. The number of phosphoric acid groups is 1. The molecule has 0 fully saturated rings. The number of carboxylic acid groups (broad SMARTS) is 1. The molecule has 322 valence electrons. The average molecular weight is 800 g/mol. The summed E-state index contributed by atoms with van der Waals surface area (Å²) in [6.07, 6.45) is 45.6. The molecule has 0 aliphatic heterocycles. The van der Waals surface area contributed by atoms with Crippen molar-refractivity contribution in [3.8, 4) is 0 Å². The number of carboxylic acids is 1. The van der Waals surface area contributed by atoms with E-state index in [1.165, 1.54) is 128 Å². The summed E-state index contributed by atoms with van der Waals surface area (Å²) >= 11 is 0. The summed E-state index contributed by atoms with van der Waals surface area (Å²) in [5, 5.41) is 8.89. The third-order valence-electron chi connectivity index (χ3n) is 9.49. The number of aliphatic carboxylic acids is 1. The lowest BCUT2D eigenvalue weighted by molar-refractivity contribution is -0.153. The second-order valence-corrected chi connectivity index (χ2v) is 16.3. The monoisotopic (exact) mass is 800 g/mol. The van der Waals surface area contributed by atoms with E-state index in [9.17, 15) is 19.0 Å². The standard InChI is InChI=1S/C44H82NO9P/c1-3-5-7-9-11-13-15-17-19-20-21-22-23-24-26-28-30-32-34-36-43(46)54-41(39-52-55(49,50)53-40-42(45)44(47)48)38-51-37-35-33-31-29-27-25-18-16-14-12-10-8-6-4-2/h11,13,17,19,35,37,41-42H,3-10,12,14-16,18,20-34,36,38-40,45H2,1-2H3,(H,47,48)(H,49,50)/b13-11-,19-17-,37-35-/t41-,42+/m1/s1. The highest BCUT2D eigenvalue weighted by molar-refractivity contribution is 7.47. The number of carbonyl (C=O) groups excluding carboxylic acids is 1. The SMILES string of the molecule is CCCCC/C=C\C/C=C\CCCCCCCCCCCC(=O)O[C@H](CO/C=C\CCCCCCCCCCCCCC)COP(=O)(O)OC[C@H](N)C(=O)O. The Morgan fingerprint density at radius 3 is 1.51 bits per heavy atom. The maximum absolute atomic E-state index is 12.6. The van der Waals surface area contributed by atoms with Crippen LogP contribution in [-0.4, -0.2) is 53.9 Å². The zero-order valence-electron chi connectivity index (χ0n) is 35.0. The summed E-state index contributed by atoms with van der Waals surface area (Å²) in [4.78, 5) is 33.5. The van der Waals surface area contributed by atoms with Crippen molar-refractivity contribution < 1.29 is 42.7 Å². The topological polar surface area (TPSA) is 155 Å². The van der Waals surface area contributed by atoms with Gasteiger partial charge in [-0.1, -0.05) is 167 Å². The fourth-order valence-electron chi connectivity index (χ4n) is 6.01. The van der Waals surface area contributed by atoms with Crippen molar-refractivity contribution in [3.05, 3.63) is 36.6 Å². The third-order valence-corrected chi connectivity index (χ3v) is 10.4. The van der Waals surface area contributed by atoms with Gasteiger partial charge in [-0.15, -0.1) is 0 Å². The Hall–Kier alpha value is -1.97. The number of carbonyl (C=O) groups is 2. The Morgan fingerprint density at radius 2 is 1.00 bits per heavy atom. The van der Waals surface area contributed by atoms with Crippen molar-refractivity contribution in [2.45, 2.75) is 212 Å². The molecule has 0 bridgehead atoms. The first kappa shape index (κ1) is 53.0. The van der Waals surface area contributed by atoms with Gasteiger partial charge in [-0.3, -0.25) is 18.6 Å². The molecule has 0 aliphatic carbocycles. The highest BCUT2D eigenvalue weighted by Crippen LogP contribution is 2.43. The van der Waals surface area contributed by atoms with Crippen LogP contribution in [0.5, 0.6) is 0 Å². The van der Waals surface area contributed by atoms with E-state index in [1.807, 2.05) is 6.08 Å². The molecule has 4 N–H and O–H groups in total. The van der Waals surface area contributed by atoms with Gasteiger partial charge in [0.05, 0.1) is 19.5 Å². The van der Waals surface area contributed by atoms with Gasteiger partial charge in [0.2, 0.25) is 0 Å². The summed E-state index contributed by atoms with van der Waals surface area (Å²) in [7, 11) is -4.63. The van der Waals surface area contributed by atoms with Crippen LogP contribution in [0.4, 0.5) is 0 Å². The van der Waals surface area contributed by atoms with Crippen molar-refractivity contribution in [1.82, 2.24) is 0 Å². The van der Waals surface area contributed by atoms with Gasteiger partial charge in [-0.05, 0) is 57.4 Å². The molecule has 0 saturated heterocycles. The molecule has 1 unspecified atom stereocenters. The molecule has 11 heteroatoms. The maximum atomic E-state index is 12.6. The Kier molecular flexibility index (Phi) is 38.8. The molecule has 0 aromatic rings. The van der Waals surface area contributed by atoms with Gasteiger partial charge in [0.1, 0.15) is 12.6 Å². The first-order valence-corrected chi connectivity index (χ1v) is 23.6. The minimum Gasteiger partial charge on any atom is -0.498 e. The van der Waals surface area contributed by atoms with E-state index in [2.05, 4.69) is 38.2 Å². The van der Waals surface area contributed by atoms with E-state index in [0.717, 1.165) is 44.9 Å². The zero-order chi connectivity index (χ0) is 40.5. The van der Waals surface area contributed by atoms with Gasteiger partial charge in [-0.2, -0.15) is 0 Å². The molecule has 0 spiro atoms. The Bertz CT molecular complexity index is 1020. The molecule has 0 aromatic heterocycles. The van der Waals surface area contributed by atoms with E-state index in [-0.39, 0.29) is 13.0 Å². The van der Waals surface area contributed by atoms with Gasteiger partial charge >= 0.3 is 19.8 Å². The molecule has 0 saturated carbocycles. The number of nitrogens with two attached hydrogens (primary N) is 1. The minimum atomic E-state index is -4.63. The summed E-state index contributed by atoms with van der Waals surface area (Å²) in [6, 6.07) is -1.48. The minimum absolute atomic E-state index is 0.0673. The lowest BCUT2D eigenvalue weighted by Crippen LogP contribution is -2.34. The van der Waals surface area contributed by atoms with Gasteiger partial charge in [0.25, 0.3) is 0 Å². The van der Waals surface area contributed by atoms with Crippen LogP contribution in [0.15, 0.2) is 36.6 Å². The number of unbranched alkanes of at least 4 members (excludes halogenated alkanes) is 24. The molecule has 55 heavy (non-hydrogen) atoms. The smallest absolute Gasteiger partial charge is 0.472 e. The number of phosphoric ester groups is 1. The summed E-state index contributed by atoms with van der Waals surface area (Å²) in [5.74, 6) is -1.81. The highest BCUT2D eigenvalue weighted by atomic mass is 31.2. The van der Waals surface area contributed by atoms with Gasteiger partial charge in [0, 0.05) is 6.42 Å². The van der Waals surface area contributed by atoms with Crippen LogP contribution in [0.2, 0.25) is 0 Å². The maximum Gasteiger partial charge on any atom is 0.472 e. The predicted molar refractivity (Wildman–Crippen MR) is 226 cm³/mol. The number of esters is 1. The predicted octanol–water partition coefficient (Wildman–Crippen LogP) is 12.4. The molecule has 0 aromatic carbocycles. The molecular formula is C44H82NO9P. The second-order valence-electron chi connectivity index (χ2n) is 14.9. The number of hydrogen-bond donors (Lipinski definition) is 3. The summed E-state index contributed by atoms with van der Waals surface area (Å²) < 4.78 is 33.1. The lowest BCUT2D eigenvalue weighted by atomic mass is 10.0. The molecular weight excluding hydrogens is 717 g/mol. The van der Waals surface area contributed by atoms with Crippen LogP contribution in [0.3, 0.4) is 0 Å². The van der Waals surface area contributed by atoms with E-state index >= 15 is 0 Å². The van der Waals surface area contributed by atoms with Crippen LogP contribution >= 0.6 is 7.82 Å². The highest BCUT2D eigenvalue weighted by Gasteiger charge is 2.27. The van der Waals surface area contributed by atoms with E-state index < -0.39 is 45.1 Å². The first-order chi connectivity index (χ1) is 26.7. The largest absolute Gasteiger partial charge is 0.498 e. The van der Waals surface area contributed by atoms with Crippen molar-refractivity contribution in [1.29, 1.82) is 0 Å². The van der Waals surface area contributed by atoms with Crippen LogP contribution in [0, 0.1) is 0 Å². The van der Waals surface area contributed by atoms with Crippen molar-refractivity contribution in [3.63, 3.8) is 0 Å². The number of ether oxygens (including phenoxy) is 2. The fraction of sp³-hybridized carbons (Fsp3) is 0.818. The van der Waals surface area contributed by atoms with Crippen LogP contribution < -0.4 is 5.73 Å². The fourth-order valence-corrected chi connectivity index (χ4v) is 6.79. The van der Waals surface area contributed by atoms with E-state index in [4.69, 9.17) is 29.4 Å². The molecule has 0 heterocycles. The van der Waals surface area contributed by atoms with Crippen LogP contribution in [0.1, 0.15) is 200 Å². The quantitative estimate of drug-likeness (QED) is 0.0179.